The van der Waals surface area contributed by atoms with Gasteiger partial charge in [0.15, 0.2) is 0 Å². The highest BCUT2D eigenvalue weighted by atomic mass is 14.8. The molecule has 1 aliphatic carbocycles. The molecule has 0 unspecified atom stereocenters. The van der Waals surface area contributed by atoms with Gasteiger partial charge in [0.25, 0.3) is 0 Å². The minimum absolute atomic E-state index is 0.107. The zero-order valence-electron chi connectivity index (χ0n) is 9.38. The number of terminal acetylenes is 1. The largest absolute Gasteiger partial charge is 0.325 e. The predicted octanol–water partition coefficient (Wildman–Crippen LogP) is 2.44. The molecular weight excluding hydrogens is 182 g/mol. The van der Waals surface area contributed by atoms with E-state index < -0.39 is 0 Å². The second-order valence-electron chi connectivity index (χ2n) is 4.99. The molecule has 1 aromatic rings. The molecule has 1 saturated carbocycles. The van der Waals surface area contributed by atoms with Crippen molar-refractivity contribution in [3.05, 3.63) is 35.4 Å². The highest BCUT2D eigenvalue weighted by Gasteiger charge is 2.54. The molecule has 1 aromatic carbocycles. The predicted molar refractivity (Wildman–Crippen MR) is 63.6 cm³/mol. The number of hydrogen-bond acceptors (Lipinski definition) is 1. The molecule has 0 amide bonds. The Morgan fingerprint density at radius 2 is 1.93 bits per heavy atom. The molecule has 1 heteroatoms. The Balaban J connectivity index is 2.52. The molecule has 1 fully saturated rings. The molecule has 2 rings (SSSR count). The summed E-state index contributed by atoms with van der Waals surface area (Å²) >= 11 is 0. The molecule has 2 N–H and O–H groups in total. The Labute approximate surface area is 91.7 Å². The summed E-state index contributed by atoms with van der Waals surface area (Å²) < 4.78 is 0. The summed E-state index contributed by atoms with van der Waals surface area (Å²) in [6, 6.07) is 8.15. The summed E-state index contributed by atoms with van der Waals surface area (Å²) in [6.07, 6.45) is 7.82. The monoisotopic (exact) mass is 199 g/mol. The number of benzene rings is 1. The summed E-state index contributed by atoms with van der Waals surface area (Å²) in [5.41, 5.74) is 8.42. The first-order chi connectivity index (χ1) is 7.01. The van der Waals surface area contributed by atoms with Crippen molar-refractivity contribution in [2.45, 2.75) is 37.6 Å². The molecule has 0 aliphatic heterocycles. The van der Waals surface area contributed by atoms with Crippen LogP contribution in [0.4, 0.5) is 0 Å². The average molecular weight is 199 g/mol. The minimum atomic E-state index is -0.194. The Hall–Kier alpha value is -1.26. The number of hydrogen-bond donors (Lipinski definition) is 1. The van der Waals surface area contributed by atoms with Crippen molar-refractivity contribution >= 4 is 0 Å². The standard InChI is InChI=1S/C14H17N/c1-4-11-7-5-6-8-12(11)14(9-10-14)13(2,3)15/h1,5-8H,9-10,15H2,2-3H3. The summed E-state index contributed by atoms with van der Waals surface area (Å²) in [5.74, 6) is 2.76. The second kappa shape index (κ2) is 3.12. The van der Waals surface area contributed by atoms with Crippen LogP contribution in [0.15, 0.2) is 24.3 Å². The van der Waals surface area contributed by atoms with Gasteiger partial charge in [-0.2, -0.15) is 0 Å². The van der Waals surface area contributed by atoms with Crippen LogP contribution in [0.3, 0.4) is 0 Å². The average Bonchev–Trinajstić information content (AvgIpc) is 2.97. The second-order valence-corrected chi connectivity index (χ2v) is 4.99. The van der Waals surface area contributed by atoms with E-state index >= 15 is 0 Å². The van der Waals surface area contributed by atoms with E-state index in [2.05, 4.69) is 25.8 Å². The third-order valence-electron chi connectivity index (χ3n) is 3.58. The molecule has 1 aliphatic rings. The van der Waals surface area contributed by atoms with Crippen molar-refractivity contribution in [1.29, 1.82) is 0 Å². The summed E-state index contributed by atoms with van der Waals surface area (Å²) in [4.78, 5) is 0. The first kappa shape index (κ1) is 10.3. The van der Waals surface area contributed by atoms with Crippen LogP contribution in [0.2, 0.25) is 0 Å². The van der Waals surface area contributed by atoms with Crippen LogP contribution in [-0.4, -0.2) is 5.54 Å². The highest BCUT2D eigenvalue weighted by Crippen LogP contribution is 2.55. The third-order valence-corrected chi connectivity index (χ3v) is 3.58. The Morgan fingerprint density at radius 1 is 1.33 bits per heavy atom. The van der Waals surface area contributed by atoms with Crippen molar-refractivity contribution in [2.24, 2.45) is 5.73 Å². The van der Waals surface area contributed by atoms with Crippen molar-refractivity contribution < 1.29 is 0 Å². The van der Waals surface area contributed by atoms with Crippen LogP contribution in [0, 0.1) is 12.3 Å². The van der Waals surface area contributed by atoms with Gasteiger partial charge in [0.05, 0.1) is 0 Å². The van der Waals surface area contributed by atoms with Crippen molar-refractivity contribution in [3.63, 3.8) is 0 Å². The zero-order chi connectivity index (χ0) is 11.1. The molecule has 0 saturated heterocycles. The first-order valence-electron chi connectivity index (χ1n) is 5.36. The zero-order valence-corrected chi connectivity index (χ0v) is 9.38. The molecule has 0 heterocycles. The van der Waals surface area contributed by atoms with E-state index in [-0.39, 0.29) is 11.0 Å². The van der Waals surface area contributed by atoms with E-state index in [1.807, 2.05) is 18.2 Å². The SMILES string of the molecule is C#Cc1ccccc1C1(C(C)(C)N)CC1. The lowest BCUT2D eigenvalue weighted by Crippen LogP contribution is -2.45. The Morgan fingerprint density at radius 3 is 2.40 bits per heavy atom. The van der Waals surface area contributed by atoms with Crippen molar-refractivity contribution in [3.8, 4) is 12.3 Å². The molecule has 1 nitrogen and oxygen atoms in total. The molecule has 15 heavy (non-hydrogen) atoms. The van der Waals surface area contributed by atoms with Crippen LogP contribution >= 0.6 is 0 Å². The Kier molecular flexibility index (Phi) is 2.13. The normalized spacial score (nSPS) is 18.3. The number of nitrogens with two attached hydrogens (primary N) is 1. The van der Waals surface area contributed by atoms with Crippen molar-refractivity contribution in [2.75, 3.05) is 0 Å². The summed E-state index contributed by atoms with van der Waals surface area (Å²) in [6.45, 7) is 4.18. The van der Waals surface area contributed by atoms with Gasteiger partial charge in [0.1, 0.15) is 0 Å². The highest BCUT2D eigenvalue weighted by molar-refractivity contribution is 5.49. The van der Waals surface area contributed by atoms with Gasteiger partial charge in [-0.15, -0.1) is 6.42 Å². The Bertz CT molecular complexity index is 414. The lowest BCUT2D eigenvalue weighted by Gasteiger charge is -2.32. The smallest absolute Gasteiger partial charge is 0.0280 e. The fourth-order valence-corrected chi connectivity index (χ4v) is 2.41. The lowest BCUT2D eigenvalue weighted by molar-refractivity contribution is 0.391. The van der Waals surface area contributed by atoms with Crippen molar-refractivity contribution in [1.82, 2.24) is 0 Å². The van der Waals surface area contributed by atoms with Gasteiger partial charge in [-0.05, 0) is 38.3 Å². The fourth-order valence-electron chi connectivity index (χ4n) is 2.41. The van der Waals surface area contributed by atoms with Crippen LogP contribution < -0.4 is 5.73 Å². The molecule has 0 aromatic heterocycles. The summed E-state index contributed by atoms with van der Waals surface area (Å²) in [5, 5.41) is 0. The maximum absolute atomic E-state index is 6.26. The maximum atomic E-state index is 6.26. The lowest BCUT2D eigenvalue weighted by atomic mass is 9.77. The van der Waals surface area contributed by atoms with E-state index in [1.54, 1.807) is 0 Å². The molecule has 0 spiro atoms. The molecule has 0 atom stereocenters. The maximum Gasteiger partial charge on any atom is 0.0280 e. The summed E-state index contributed by atoms with van der Waals surface area (Å²) in [7, 11) is 0. The quantitative estimate of drug-likeness (QED) is 0.727. The van der Waals surface area contributed by atoms with Gasteiger partial charge in [-0.25, -0.2) is 0 Å². The van der Waals surface area contributed by atoms with E-state index in [1.165, 1.54) is 5.56 Å². The topological polar surface area (TPSA) is 26.0 Å². The van der Waals surface area contributed by atoms with E-state index in [4.69, 9.17) is 12.2 Å². The van der Waals surface area contributed by atoms with Gasteiger partial charge in [0, 0.05) is 16.5 Å². The van der Waals surface area contributed by atoms with E-state index in [0.29, 0.717) is 0 Å². The molecule has 78 valence electrons. The van der Waals surface area contributed by atoms with Crippen LogP contribution in [0.5, 0.6) is 0 Å². The van der Waals surface area contributed by atoms with Crippen LogP contribution in [0.1, 0.15) is 37.8 Å². The van der Waals surface area contributed by atoms with Gasteiger partial charge in [-0.1, -0.05) is 24.1 Å². The van der Waals surface area contributed by atoms with Crippen LogP contribution in [0.25, 0.3) is 0 Å². The molecular formula is C14H17N. The van der Waals surface area contributed by atoms with Crippen LogP contribution in [-0.2, 0) is 5.41 Å². The fraction of sp³-hybridized carbons (Fsp3) is 0.429. The third kappa shape index (κ3) is 1.46. The van der Waals surface area contributed by atoms with E-state index in [0.717, 1.165) is 18.4 Å². The van der Waals surface area contributed by atoms with Gasteiger partial charge >= 0.3 is 0 Å². The van der Waals surface area contributed by atoms with Gasteiger partial charge in [0.2, 0.25) is 0 Å². The molecule has 0 radical (unpaired) electrons. The van der Waals surface area contributed by atoms with E-state index in [9.17, 15) is 0 Å². The first-order valence-corrected chi connectivity index (χ1v) is 5.36. The van der Waals surface area contributed by atoms with Gasteiger partial charge < -0.3 is 5.73 Å². The molecule has 0 bridgehead atoms. The van der Waals surface area contributed by atoms with Gasteiger partial charge in [-0.3, -0.25) is 0 Å². The minimum Gasteiger partial charge on any atom is -0.325 e. The number of rotatable bonds is 2.